The van der Waals surface area contributed by atoms with Crippen molar-refractivity contribution in [3.8, 4) is 0 Å². The first-order valence-electron chi connectivity index (χ1n) is 9.45. The van der Waals surface area contributed by atoms with Gasteiger partial charge in [-0.05, 0) is 31.4 Å². The summed E-state index contributed by atoms with van der Waals surface area (Å²) in [5.74, 6) is 0.275. The molecule has 136 valence electrons. The number of nitrogens with one attached hydrogen (secondary N) is 3. The summed E-state index contributed by atoms with van der Waals surface area (Å²) >= 11 is 1.84. The maximum atomic E-state index is 13.2. The predicted octanol–water partition coefficient (Wildman–Crippen LogP) is 1.09. The number of aryl methyl sites for hydroxylation is 1. The summed E-state index contributed by atoms with van der Waals surface area (Å²) in [5.41, 5.74) is 2.93. The molecule has 0 radical (unpaired) electrons. The molecular formula is C21H27N3OS+2. The lowest BCUT2D eigenvalue weighted by Gasteiger charge is -2.32. The van der Waals surface area contributed by atoms with Gasteiger partial charge in [0.15, 0.2) is 0 Å². The lowest BCUT2D eigenvalue weighted by Crippen LogP contribution is -3.29. The molecule has 0 bridgehead atoms. The fourth-order valence-electron chi connectivity index (χ4n) is 4.19. The second kappa shape index (κ2) is 7.35. The number of Topliss-reactive ketones (excluding diaryl/α,β-unsaturated/α-hetero) is 1. The number of fused-ring (bicyclic) bond motifs is 1. The summed E-state index contributed by atoms with van der Waals surface area (Å²) < 4.78 is 0. The first kappa shape index (κ1) is 17.5. The Morgan fingerprint density at radius 1 is 1.15 bits per heavy atom. The minimum Gasteiger partial charge on any atom is -0.358 e. The number of carbonyl (C=O) groups excluding carboxylic acids is 1. The number of para-hydroxylation sites is 1. The molecule has 26 heavy (non-hydrogen) atoms. The van der Waals surface area contributed by atoms with E-state index in [-0.39, 0.29) is 11.8 Å². The lowest BCUT2D eigenvalue weighted by atomic mass is 10.0. The molecule has 3 heterocycles. The molecule has 1 aliphatic heterocycles. The molecular weight excluding hydrogens is 342 g/mol. The topological polar surface area (TPSA) is 41.7 Å². The van der Waals surface area contributed by atoms with Gasteiger partial charge in [0.1, 0.15) is 38.8 Å². The van der Waals surface area contributed by atoms with Gasteiger partial charge in [0.05, 0.1) is 10.4 Å². The van der Waals surface area contributed by atoms with Crippen molar-refractivity contribution in [1.29, 1.82) is 0 Å². The Hall–Kier alpha value is -1.95. The third-order valence-corrected chi connectivity index (χ3v) is 6.63. The second-order valence-corrected chi connectivity index (χ2v) is 8.45. The highest BCUT2D eigenvalue weighted by atomic mass is 32.1. The number of aromatic nitrogens is 1. The second-order valence-electron chi connectivity index (χ2n) is 7.42. The number of H-pyrrole nitrogens is 1. The zero-order valence-corrected chi connectivity index (χ0v) is 16.3. The van der Waals surface area contributed by atoms with E-state index >= 15 is 0 Å². The minimum atomic E-state index is 0.0104. The van der Waals surface area contributed by atoms with Crippen LogP contribution < -0.4 is 9.80 Å². The molecule has 4 nitrogen and oxygen atoms in total. The third-order valence-electron chi connectivity index (χ3n) is 5.75. The molecule has 3 N–H and O–H groups in total. The van der Waals surface area contributed by atoms with Crippen LogP contribution in [0.4, 0.5) is 0 Å². The zero-order chi connectivity index (χ0) is 18.1. The molecule has 1 atom stereocenters. The molecule has 1 saturated heterocycles. The monoisotopic (exact) mass is 369 g/mol. The van der Waals surface area contributed by atoms with Crippen LogP contribution in [-0.2, 0) is 6.54 Å². The van der Waals surface area contributed by atoms with Crippen molar-refractivity contribution < 1.29 is 14.6 Å². The van der Waals surface area contributed by atoms with Crippen LogP contribution >= 0.6 is 11.3 Å². The van der Waals surface area contributed by atoms with E-state index in [2.05, 4.69) is 35.5 Å². The van der Waals surface area contributed by atoms with E-state index in [1.165, 1.54) is 9.78 Å². The maximum absolute atomic E-state index is 13.2. The number of ketones is 1. The van der Waals surface area contributed by atoms with Crippen LogP contribution in [0.1, 0.15) is 27.9 Å². The molecule has 3 aromatic rings. The Bertz CT molecular complexity index is 891. The standard InChI is InChI=1S/C21H25N3OS/c1-15-20(18-7-3-4-8-19(18)22-15)21(25)16(2)24-11-9-23(10-12-24)14-17-6-5-13-26-17/h3-8,13,16,22H,9-12,14H2,1-2H3/p+2/t16-/m1/s1. The van der Waals surface area contributed by atoms with Crippen molar-refractivity contribution in [2.45, 2.75) is 26.4 Å². The summed E-state index contributed by atoms with van der Waals surface area (Å²) in [7, 11) is 0. The van der Waals surface area contributed by atoms with Gasteiger partial charge in [0, 0.05) is 16.6 Å². The Labute approximate surface area is 158 Å². The number of piperazine rings is 1. The highest BCUT2D eigenvalue weighted by Gasteiger charge is 2.33. The van der Waals surface area contributed by atoms with Crippen molar-refractivity contribution in [3.05, 3.63) is 57.9 Å². The zero-order valence-electron chi connectivity index (χ0n) is 15.5. The molecule has 1 fully saturated rings. The molecule has 0 saturated carbocycles. The maximum Gasteiger partial charge on any atom is 0.222 e. The van der Waals surface area contributed by atoms with E-state index in [0.717, 1.165) is 54.9 Å². The van der Waals surface area contributed by atoms with E-state index in [0.29, 0.717) is 0 Å². The van der Waals surface area contributed by atoms with Crippen LogP contribution in [0.5, 0.6) is 0 Å². The molecule has 2 aromatic heterocycles. The summed E-state index contributed by atoms with van der Waals surface area (Å²) in [6.45, 7) is 9.63. The van der Waals surface area contributed by atoms with E-state index in [1.807, 2.05) is 36.5 Å². The number of rotatable bonds is 5. The Morgan fingerprint density at radius 3 is 2.65 bits per heavy atom. The van der Waals surface area contributed by atoms with Gasteiger partial charge in [-0.3, -0.25) is 4.79 Å². The summed E-state index contributed by atoms with van der Waals surface area (Å²) in [5, 5.41) is 3.21. The van der Waals surface area contributed by atoms with E-state index in [9.17, 15) is 4.79 Å². The Morgan fingerprint density at radius 2 is 1.92 bits per heavy atom. The summed E-state index contributed by atoms with van der Waals surface area (Å²) in [6.07, 6.45) is 0. The van der Waals surface area contributed by atoms with Crippen molar-refractivity contribution in [3.63, 3.8) is 0 Å². The Balaban J connectivity index is 1.44. The smallest absolute Gasteiger partial charge is 0.222 e. The molecule has 5 heteroatoms. The number of aromatic amines is 1. The first-order chi connectivity index (χ1) is 12.6. The average molecular weight is 370 g/mol. The highest BCUT2D eigenvalue weighted by Crippen LogP contribution is 2.22. The van der Waals surface area contributed by atoms with Crippen LogP contribution in [0.2, 0.25) is 0 Å². The molecule has 0 amide bonds. The SMILES string of the molecule is Cc1[nH]c2ccccc2c1C(=O)[C@@H](C)[NH+]1CC[NH+](Cc2cccs2)CC1. The van der Waals surface area contributed by atoms with Crippen molar-refractivity contribution in [2.75, 3.05) is 26.2 Å². The van der Waals surface area contributed by atoms with Crippen LogP contribution in [0.3, 0.4) is 0 Å². The lowest BCUT2D eigenvalue weighted by molar-refractivity contribution is -1.02. The summed E-state index contributed by atoms with van der Waals surface area (Å²) in [4.78, 5) is 21.1. The van der Waals surface area contributed by atoms with Crippen LogP contribution in [0.25, 0.3) is 10.9 Å². The van der Waals surface area contributed by atoms with Crippen LogP contribution in [-0.4, -0.2) is 43.0 Å². The molecule has 4 rings (SSSR count). The number of hydrogen-bond acceptors (Lipinski definition) is 2. The number of hydrogen-bond donors (Lipinski definition) is 3. The van der Waals surface area contributed by atoms with Crippen LogP contribution in [0, 0.1) is 6.92 Å². The molecule has 1 aliphatic rings. The van der Waals surface area contributed by atoms with Gasteiger partial charge in [0.25, 0.3) is 0 Å². The summed E-state index contributed by atoms with van der Waals surface area (Å²) in [6, 6.07) is 12.5. The van der Waals surface area contributed by atoms with Gasteiger partial charge in [-0.1, -0.05) is 24.3 Å². The Kier molecular flexibility index (Phi) is 4.94. The third kappa shape index (κ3) is 3.34. The first-order valence-corrected chi connectivity index (χ1v) is 10.3. The average Bonchev–Trinajstić information content (AvgIpc) is 3.27. The minimum absolute atomic E-state index is 0.0104. The molecule has 0 unspecified atom stereocenters. The predicted molar refractivity (Wildman–Crippen MR) is 106 cm³/mol. The van der Waals surface area contributed by atoms with E-state index in [1.54, 1.807) is 4.90 Å². The number of thiophene rings is 1. The molecule has 0 aliphatic carbocycles. The van der Waals surface area contributed by atoms with E-state index < -0.39 is 0 Å². The van der Waals surface area contributed by atoms with Gasteiger partial charge < -0.3 is 14.8 Å². The van der Waals surface area contributed by atoms with Crippen molar-refractivity contribution in [2.24, 2.45) is 0 Å². The molecule has 1 aromatic carbocycles. The quantitative estimate of drug-likeness (QED) is 0.579. The van der Waals surface area contributed by atoms with Gasteiger partial charge in [-0.15, -0.1) is 11.3 Å². The van der Waals surface area contributed by atoms with E-state index in [4.69, 9.17) is 0 Å². The number of benzene rings is 1. The number of carbonyl (C=O) groups is 1. The molecule has 0 spiro atoms. The number of quaternary nitrogens is 2. The van der Waals surface area contributed by atoms with Gasteiger partial charge >= 0.3 is 0 Å². The van der Waals surface area contributed by atoms with Crippen molar-refractivity contribution >= 4 is 28.0 Å². The van der Waals surface area contributed by atoms with Gasteiger partial charge in [-0.2, -0.15) is 0 Å². The van der Waals surface area contributed by atoms with Gasteiger partial charge in [-0.25, -0.2) is 0 Å². The van der Waals surface area contributed by atoms with Crippen molar-refractivity contribution in [1.82, 2.24) is 4.98 Å². The van der Waals surface area contributed by atoms with Crippen LogP contribution in [0.15, 0.2) is 41.8 Å². The fraction of sp³-hybridized carbons (Fsp3) is 0.381. The highest BCUT2D eigenvalue weighted by molar-refractivity contribution is 7.09. The normalized spacial score (nSPS) is 21.8. The largest absolute Gasteiger partial charge is 0.358 e. The van der Waals surface area contributed by atoms with Gasteiger partial charge in [0.2, 0.25) is 5.78 Å². The fourth-order valence-corrected chi connectivity index (χ4v) is 4.97.